The van der Waals surface area contributed by atoms with E-state index < -0.39 is 0 Å². The van der Waals surface area contributed by atoms with Gasteiger partial charge in [0.15, 0.2) is 0 Å². The second kappa shape index (κ2) is 6.25. The van der Waals surface area contributed by atoms with E-state index in [1.54, 1.807) is 0 Å². The highest BCUT2D eigenvalue weighted by atomic mass is 32.2. The molecule has 0 fully saturated rings. The van der Waals surface area contributed by atoms with Crippen LogP contribution in [0, 0.1) is 0 Å². The van der Waals surface area contributed by atoms with E-state index in [-0.39, 0.29) is 11.9 Å². The van der Waals surface area contributed by atoms with Crippen LogP contribution < -0.4 is 11.1 Å². The number of thioether (sulfide) groups is 1. The van der Waals surface area contributed by atoms with E-state index in [9.17, 15) is 4.79 Å². The summed E-state index contributed by atoms with van der Waals surface area (Å²) in [4.78, 5) is 11.4. The lowest BCUT2D eigenvalue weighted by molar-refractivity contribution is -0.118. The summed E-state index contributed by atoms with van der Waals surface area (Å²) in [5.74, 6) is 0.446. The molecule has 0 aromatic heterocycles. The van der Waals surface area contributed by atoms with E-state index in [0.29, 0.717) is 10.7 Å². The summed E-state index contributed by atoms with van der Waals surface area (Å²) in [5.41, 5.74) is 5.40. The molecule has 5 heteroatoms. The quantitative estimate of drug-likeness (QED) is 0.644. The summed E-state index contributed by atoms with van der Waals surface area (Å²) in [7, 11) is 0. The maximum Gasteiger partial charge on any atom is 0.230 e. The Labute approximate surface area is 82.5 Å². The van der Waals surface area contributed by atoms with Crippen molar-refractivity contribution in [2.75, 3.05) is 12.0 Å². The molecule has 12 heavy (non-hydrogen) atoms. The number of hydrogen-bond donors (Lipinski definition) is 2. The fourth-order valence-electron chi connectivity index (χ4n) is 0.741. The van der Waals surface area contributed by atoms with E-state index in [2.05, 4.69) is 5.32 Å². The second-order valence-electron chi connectivity index (χ2n) is 2.36. The molecule has 3 N–H and O–H groups in total. The molecule has 0 saturated heterocycles. The number of carbonyl (C=O) groups is 1. The average Bonchev–Trinajstić information content (AvgIpc) is 2.00. The summed E-state index contributed by atoms with van der Waals surface area (Å²) in [5, 5.41) is 2.74. The molecule has 0 aliphatic rings. The highest BCUT2D eigenvalue weighted by molar-refractivity contribution is 7.99. The third-order valence-electron chi connectivity index (χ3n) is 1.36. The van der Waals surface area contributed by atoms with Gasteiger partial charge < -0.3 is 11.1 Å². The Morgan fingerprint density at radius 1 is 1.75 bits per heavy atom. The van der Waals surface area contributed by atoms with Crippen molar-refractivity contribution in [1.82, 2.24) is 5.32 Å². The van der Waals surface area contributed by atoms with Crippen LogP contribution >= 0.6 is 24.0 Å². The minimum absolute atomic E-state index is 0.0119. The summed E-state index contributed by atoms with van der Waals surface area (Å²) in [6.45, 7) is 1.93. The minimum atomic E-state index is -0.153. The zero-order chi connectivity index (χ0) is 9.56. The largest absolute Gasteiger partial charge is 0.392 e. The first-order valence-corrected chi connectivity index (χ1v) is 5.49. The van der Waals surface area contributed by atoms with Gasteiger partial charge in [-0.05, 0) is 12.7 Å². The Bertz CT molecular complexity index is 173. The lowest BCUT2D eigenvalue weighted by Crippen LogP contribution is -2.43. The summed E-state index contributed by atoms with van der Waals surface area (Å²) in [6.07, 6.45) is 2.62. The molecule has 0 saturated carbocycles. The van der Waals surface area contributed by atoms with Gasteiger partial charge in [0.25, 0.3) is 0 Å². The first kappa shape index (κ1) is 11.7. The third kappa shape index (κ3) is 4.56. The normalized spacial score (nSPS) is 12.2. The van der Waals surface area contributed by atoms with Crippen molar-refractivity contribution in [2.45, 2.75) is 19.4 Å². The molecule has 0 aromatic carbocycles. The number of thiocarbonyl (C=S) groups is 1. The van der Waals surface area contributed by atoms with Gasteiger partial charge in [-0.25, -0.2) is 0 Å². The average molecular weight is 206 g/mol. The molecule has 0 aliphatic carbocycles. The molecule has 0 aliphatic heterocycles. The number of amides is 1. The first-order valence-electron chi connectivity index (χ1n) is 3.69. The van der Waals surface area contributed by atoms with Crippen LogP contribution in [0.4, 0.5) is 0 Å². The smallest absolute Gasteiger partial charge is 0.230 e. The van der Waals surface area contributed by atoms with Crippen molar-refractivity contribution in [3.8, 4) is 0 Å². The molecule has 0 radical (unpaired) electrons. The van der Waals surface area contributed by atoms with Crippen LogP contribution in [0.2, 0.25) is 0 Å². The maximum atomic E-state index is 11.1. The Morgan fingerprint density at radius 2 is 2.33 bits per heavy atom. The lowest BCUT2D eigenvalue weighted by atomic mass is 10.2. The minimum Gasteiger partial charge on any atom is -0.392 e. The fraction of sp³-hybridized carbons (Fsp3) is 0.714. The number of hydrogen-bond acceptors (Lipinski definition) is 3. The zero-order valence-electron chi connectivity index (χ0n) is 7.29. The van der Waals surface area contributed by atoms with Crippen molar-refractivity contribution in [2.24, 2.45) is 5.73 Å². The molecular weight excluding hydrogens is 192 g/mol. The molecule has 0 spiro atoms. The van der Waals surface area contributed by atoms with E-state index in [0.717, 1.165) is 6.42 Å². The molecule has 1 amide bonds. The lowest BCUT2D eigenvalue weighted by Gasteiger charge is -2.14. The molecule has 1 unspecified atom stereocenters. The van der Waals surface area contributed by atoms with Gasteiger partial charge in [0, 0.05) is 0 Å². The van der Waals surface area contributed by atoms with E-state index in [4.69, 9.17) is 18.0 Å². The van der Waals surface area contributed by atoms with Gasteiger partial charge in [-0.1, -0.05) is 19.1 Å². The van der Waals surface area contributed by atoms with E-state index in [1.165, 1.54) is 11.8 Å². The summed E-state index contributed by atoms with van der Waals surface area (Å²) >= 11 is 6.25. The number of carbonyl (C=O) groups excluding carboxylic acids is 1. The SMILES string of the molecule is CCC(NC(=O)CSC)C(N)=S. The van der Waals surface area contributed by atoms with Crippen molar-refractivity contribution in [3.05, 3.63) is 0 Å². The number of rotatable bonds is 5. The highest BCUT2D eigenvalue weighted by Crippen LogP contribution is 1.94. The third-order valence-corrected chi connectivity index (χ3v) is 2.20. The van der Waals surface area contributed by atoms with Crippen LogP contribution in [0.5, 0.6) is 0 Å². The van der Waals surface area contributed by atoms with Gasteiger partial charge in [0.2, 0.25) is 5.91 Å². The Kier molecular flexibility index (Phi) is 6.10. The van der Waals surface area contributed by atoms with Crippen LogP contribution in [0.25, 0.3) is 0 Å². The van der Waals surface area contributed by atoms with Crippen LogP contribution in [-0.4, -0.2) is 28.9 Å². The van der Waals surface area contributed by atoms with Gasteiger partial charge >= 0.3 is 0 Å². The van der Waals surface area contributed by atoms with Crippen LogP contribution in [-0.2, 0) is 4.79 Å². The van der Waals surface area contributed by atoms with Crippen molar-refractivity contribution < 1.29 is 4.79 Å². The van der Waals surface area contributed by atoms with E-state index in [1.807, 2.05) is 13.2 Å². The molecule has 70 valence electrons. The molecule has 0 rings (SSSR count). The topological polar surface area (TPSA) is 55.1 Å². The summed E-state index contributed by atoms with van der Waals surface area (Å²) in [6, 6.07) is -0.153. The highest BCUT2D eigenvalue weighted by Gasteiger charge is 2.11. The van der Waals surface area contributed by atoms with Crippen LogP contribution in [0.1, 0.15) is 13.3 Å². The monoisotopic (exact) mass is 206 g/mol. The Morgan fingerprint density at radius 3 is 2.67 bits per heavy atom. The van der Waals surface area contributed by atoms with Crippen LogP contribution in [0.15, 0.2) is 0 Å². The number of nitrogens with one attached hydrogen (secondary N) is 1. The van der Waals surface area contributed by atoms with E-state index >= 15 is 0 Å². The number of nitrogens with two attached hydrogens (primary N) is 1. The molecule has 0 heterocycles. The first-order chi connectivity index (χ1) is 5.61. The van der Waals surface area contributed by atoms with Gasteiger partial charge in [-0.15, -0.1) is 0 Å². The molecule has 0 bridgehead atoms. The van der Waals surface area contributed by atoms with Gasteiger partial charge in [0.1, 0.15) is 0 Å². The standard InChI is InChI=1S/C7H14N2OS2/c1-3-5(7(8)11)9-6(10)4-12-2/h5H,3-4H2,1-2H3,(H2,8,11)(H,9,10). The fourth-order valence-corrected chi connectivity index (χ4v) is 1.31. The van der Waals surface area contributed by atoms with Crippen molar-refractivity contribution in [1.29, 1.82) is 0 Å². The summed E-state index contributed by atoms with van der Waals surface area (Å²) < 4.78 is 0. The van der Waals surface area contributed by atoms with Crippen LogP contribution in [0.3, 0.4) is 0 Å². The van der Waals surface area contributed by atoms with Crippen molar-refractivity contribution in [3.63, 3.8) is 0 Å². The molecular formula is C7H14N2OS2. The van der Waals surface area contributed by atoms with Gasteiger partial charge in [-0.3, -0.25) is 4.79 Å². The van der Waals surface area contributed by atoms with Gasteiger partial charge in [0.05, 0.1) is 16.8 Å². The molecule has 1 atom stereocenters. The molecule has 0 aromatic rings. The predicted molar refractivity (Wildman–Crippen MR) is 57.4 cm³/mol. The predicted octanol–water partition coefficient (Wildman–Crippen LogP) is 0.530. The Balaban J connectivity index is 3.85. The van der Waals surface area contributed by atoms with Gasteiger partial charge in [-0.2, -0.15) is 11.8 Å². The second-order valence-corrected chi connectivity index (χ2v) is 3.70. The molecule has 3 nitrogen and oxygen atoms in total. The Hall–Kier alpha value is -0.290. The van der Waals surface area contributed by atoms with Crippen molar-refractivity contribution >= 4 is 34.9 Å². The maximum absolute atomic E-state index is 11.1. The zero-order valence-corrected chi connectivity index (χ0v) is 8.93.